The Labute approximate surface area is 191 Å². The highest BCUT2D eigenvalue weighted by Gasteiger charge is 2.22. The van der Waals surface area contributed by atoms with E-state index in [1.165, 1.54) is 0 Å². The molecule has 0 radical (unpaired) electrons. The van der Waals surface area contributed by atoms with Crippen LogP contribution in [0.1, 0.15) is 30.5 Å². The van der Waals surface area contributed by atoms with Gasteiger partial charge in [-0.15, -0.1) is 0 Å². The summed E-state index contributed by atoms with van der Waals surface area (Å²) in [6, 6.07) is 21.5. The highest BCUT2D eigenvalue weighted by atomic mass is 32.2. The van der Waals surface area contributed by atoms with E-state index in [0.717, 1.165) is 28.0 Å². The number of hydrogen-bond acceptors (Lipinski definition) is 5. The van der Waals surface area contributed by atoms with E-state index in [1.54, 1.807) is 29.9 Å². The lowest BCUT2D eigenvalue weighted by molar-refractivity contribution is 0.414. The van der Waals surface area contributed by atoms with E-state index >= 15 is 0 Å². The summed E-state index contributed by atoms with van der Waals surface area (Å²) in [5.74, 6) is 0.715. The third-order valence-electron chi connectivity index (χ3n) is 5.36. The highest BCUT2D eigenvalue weighted by molar-refractivity contribution is 7.89. The zero-order valence-electron chi connectivity index (χ0n) is 17.8. The van der Waals surface area contributed by atoms with Crippen molar-refractivity contribution >= 4 is 31.6 Å². The van der Waals surface area contributed by atoms with E-state index in [4.69, 9.17) is 4.74 Å². The van der Waals surface area contributed by atoms with Crippen molar-refractivity contribution in [3.8, 4) is 5.75 Å². The molecule has 4 rings (SSSR count). The van der Waals surface area contributed by atoms with Crippen molar-refractivity contribution in [3.63, 3.8) is 0 Å². The number of fused-ring (bicyclic) bond motifs is 1. The van der Waals surface area contributed by atoms with Gasteiger partial charge < -0.3 is 4.74 Å². The third kappa shape index (κ3) is 4.62. The molecule has 4 aromatic rings. The van der Waals surface area contributed by atoms with Crippen molar-refractivity contribution in [1.82, 2.24) is 9.29 Å². The van der Waals surface area contributed by atoms with E-state index < -0.39 is 10.0 Å². The summed E-state index contributed by atoms with van der Waals surface area (Å²) in [6.45, 7) is 2.37. The fraction of sp³-hybridized carbons (Fsp3) is 0.208. The predicted molar refractivity (Wildman–Crippen MR) is 128 cm³/mol. The second-order valence-corrected chi connectivity index (χ2v) is 10.1. The summed E-state index contributed by atoms with van der Waals surface area (Å²) < 4.78 is 36.5. The van der Waals surface area contributed by atoms with Gasteiger partial charge in [0, 0.05) is 6.04 Å². The van der Waals surface area contributed by atoms with Crippen molar-refractivity contribution < 1.29 is 13.2 Å². The van der Waals surface area contributed by atoms with Gasteiger partial charge in [0.05, 0.1) is 28.8 Å². The lowest BCUT2D eigenvalue weighted by Gasteiger charge is -2.18. The quantitative estimate of drug-likeness (QED) is 0.412. The molecule has 0 aliphatic heterocycles. The summed E-state index contributed by atoms with van der Waals surface area (Å²) in [6.07, 6.45) is 0.592. The Balaban J connectivity index is 1.62. The minimum atomic E-state index is -3.78. The third-order valence-corrected chi connectivity index (χ3v) is 7.77. The molecule has 0 spiro atoms. The molecule has 1 unspecified atom stereocenters. The molecular formula is C24H24N2O4S2. The van der Waals surface area contributed by atoms with Crippen molar-refractivity contribution in [3.05, 3.63) is 93.6 Å². The summed E-state index contributed by atoms with van der Waals surface area (Å²) >= 11 is 1.05. The normalized spacial score (nSPS) is 12.7. The van der Waals surface area contributed by atoms with Gasteiger partial charge in [0.25, 0.3) is 0 Å². The van der Waals surface area contributed by atoms with E-state index in [-0.39, 0.29) is 15.8 Å². The van der Waals surface area contributed by atoms with Crippen LogP contribution in [0.25, 0.3) is 10.2 Å². The van der Waals surface area contributed by atoms with Gasteiger partial charge >= 0.3 is 4.87 Å². The number of nitrogens with one attached hydrogen (secondary N) is 1. The molecular weight excluding hydrogens is 444 g/mol. The van der Waals surface area contributed by atoms with Crippen LogP contribution in [0.5, 0.6) is 5.75 Å². The molecule has 1 aromatic heterocycles. The van der Waals surface area contributed by atoms with Crippen LogP contribution in [0.15, 0.2) is 82.5 Å². The van der Waals surface area contributed by atoms with Crippen LogP contribution < -0.4 is 14.3 Å². The number of benzene rings is 3. The summed E-state index contributed by atoms with van der Waals surface area (Å²) in [7, 11) is -2.19. The van der Waals surface area contributed by atoms with Crippen LogP contribution in [0.4, 0.5) is 0 Å². The molecule has 8 heteroatoms. The minimum Gasteiger partial charge on any atom is -0.497 e. The number of nitrogens with zero attached hydrogens (tertiary/aromatic N) is 1. The molecule has 1 heterocycles. The Bertz CT molecular complexity index is 1380. The molecule has 0 saturated carbocycles. The molecule has 0 aliphatic carbocycles. The molecule has 3 aromatic carbocycles. The average Bonchev–Trinajstić information content (AvgIpc) is 3.12. The van der Waals surface area contributed by atoms with Gasteiger partial charge in [-0.2, -0.15) is 0 Å². The smallest absolute Gasteiger partial charge is 0.308 e. The van der Waals surface area contributed by atoms with Crippen LogP contribution in [0, 0.1) is 0 Å². The Hall–Kier alpha value is -2.94. The average molecular weight is 469 g/mol. The van der Waals surface area contributed by atoms with Gasteiger partial charge in [-0.3, -0.25) is 9.36 Å². The molecule has 6 nitrogen and oxygen atoms in total. The van der Waals surface area contributed by atoms with E-state index in [9.17, 15) is 13.2 Å². The number of sulfonamides is 1. The van der Waals surface area contributed by atoms with Crippen molar-refractivity contribution in [2.45, 2.75) is 30.8 Å². The van der Waals surface area contributed by atoms with E-state index in [2.05, 4.69) is 4.72 Å². The Morgan fingerprint density at radius 3 is 2.41 bits per heavy atom. The molecule has 0 bridgehead atoms. The van der Waals surface area contributed by atoms with Crippen LogP contribution >= 0.6 is 11.3 Å². The second kappa shape index (κ2) is 9.28. The van der Waals surface area contributed by atoms with Gasteiger partial charge in [0.15, 0.2) is 0 Å². The number of methoxy groups -OCH3 is 1. The largest absolute Gasteiger partial charge is 0.497 e. The summed E-state index contributed by atoms with van der Waals surface area (Å²) in [4.78, 5) is 12.6. The standard InChI is InChI=1S/C24H24N2O4S2/c1-3-21(18-9-11-19(30-2)12-10-18)25-32(28,29)20-13-14-22-23(15-20)31-24(27)26(22)16-17-7-5-4-6-8-17/h4-15,21,25H,3,16H2,1-2H3. The monoisotopic (exact) mass is 468 g/mol. The first kappa shape index (κ1) is 22.3. The van der Waals surface area contributed by atoms with Crippen LogP contribution in [-0.2, 0) is 16.6 Å². The van der Waals surface area contributed by atoms with Crippen LogP contribution in [0.2, 0.25) is 0 Å². The van der Waals surface area contributed by atoms with Crippen LogP contribution in [0.3, 0.4) is 0 Å². The Morgan fingerprint density at radius 2 is 1.75 bits per heavy atom. The maximum atomic E-state index is 13.1. The van der Waals surface area contributed by atoms with Gasteiger partial charge in [0.2, 0.25) is 10.0 Å². The Kier molecular flexibility index (Phi) is 6.45. The van der Waals surface area contributed by atoms with Gasteiger partial charge in [-0.1, -0.05) is 60.7 Å². The van der Waals surface area contributed by atoms with E-state index in [1.807, 2.05) is 61.5 Å². The van der Waals surface area contributed by atoms with Gasteiger partial charge in [-0.05, 0) is 47.9 Å². The molecule has 0 aliphatic rings. The topological polar surface area (TPSA) is 77.4 Å². The van der Waals surface area contributed by atoms with Crippen LogP contribution in [-0.4, -0.2) is 20.1 Å². The zero-order valence-corrected chi connectivity index (χ0v) is 19.4. The fourth-order valence-corrected chi connectivity index (χ4v) is 5.95. The van der Waals surface area contributed by atoms with Gasteiger partial charge in [0.1, 0.15) is 5.75 Å². The van der Waals surface area contributed by atoms with Crippen molar-refractivity contribution in [2.24, 2.45) is 0 Å². The maximum absolute atomic E-state index is 13.1. The van der Waals surface area contributed by atoms with E-state index in [0.29, 0.717) is 23.4 Å². The van der Waals surface area contributed by atoms with Crippen molar-refractivity contribution in [2.75, 3.05) is 7.11 Å². The lowest BCUT2D eigenvalue weighted by Crippen LogP contribution is -2.28. The summed E-state index contributed by atoms with van der Waals surface area (Å²) in [5, 5.41) is 0. The first-order chi connectivity index (χ1) is 15.4. The number of ether oxygens (including phenoxy) is 1. The lowest BCUT2D eigenvalue weighted by atomic mass is 10.1. The fourth-order valence-electron chi connectivity index (χ4n) is 3.61. The predicted octanol–water partition coefficient (Wildman–Crippen LogP) is 4.55. The number of aromatic nitrogens is 1. The number of rotatable bonds is 8. The zero-order chi connectivity index (χ0) is 22.7. The minimum absolute atomic E-state index is 0.115. The molecule has 0 fully saturated rings. The maximum Gasteiger partial charge on any atom is 0.308 e. The second-order valence-electron chi connectivity index (χ2n) is 7.42. The first-order valence-corrected chi connectivity index (χ1v) is 12.5. The first-order valence-electron chi connectivity index (χ1n) is 10.2. The molecule has 0 saturated heterocycles. The summed E-state index contributed by atoms with van der Waals surface area (Å²) in [5.41, 5.74) is 2.60. The van der Waals surface area contributed by atoms with Crippen molar-refractivity contribution in [1.29, 1.82) is 0 Å². The molecule has 32 heavy (non-hydrogen) atoms. The molecule has 0 amide bonds. The highest BCUT2D eigenvalue weighted by Crippen LogP contribution is 2.26. The molecule has 1 N–H and O–H groups in total. The molecule has 1 atom stereocenters. The molecule has 166 valence electrons. The number of hydrogen-bond donors (Lipinski definition) is 1. The SMILES string of the molecule is CCC(NS(=O)(=O)c1ccc2c(c1)sc(=O)n2Cc1ccccc1)c1ccc(OC)cc1. The Morgan fingerprint density at radius 1 is 1.03 bits per heavy atom. The van der Waals surface area contributed by atoms with Gasteiger partial charge in [-0.25, -0.2) is 13.1 Å². The number of thiazole rings is 1.